The number of rotatable bonds is 5. The quantitative estimate of drug-likeness (QED) is 0.556. The van der Waals surface area contributed by atoms with Crippen LogP contribution in [0.25, 0.3) is 0 Å². The molecule has 0 bridgehead atoms. The molecule has 1 aromatic heterocycles. The number of halogens is 4. The number of carbonyl (C=O) groups is 2. The number of nitrogens with one attached hydrogen (secondary N) is 1. The lowest BCUT2D eigenvalue weighted by Gasteiger charge is -2.21. The summed E-state index contributed by atoms with van der Waals surface area (Å²) in [6.07, 6.45) is 1.29. The lowest BCUT2D eigenvalue weighted by atomic mass is 10.1. The Morgan fingerprint density at radius 1 is 1.03 bits per heavy atom. The average Bonchev–Trinajstić information content (AvgIpc) is 2.64. The maximum atomic E-state index is 13.6. The Hall–Kier alpha value is -3.03. The van der Waals surface area contributed by atoms with Crippen LogP contribution in [0.5, 0.6) is 0 Å². The summed E-state index contributed by atoms with van der Waals surface area (Å²) in [6.45, 7) is 1.23. The summed E-state index contributed by atoms with van der Waals surface area (Å²) >= 11 is 12.2. The summed E-state index contributed by atoms with van der Waals surface area (Å²) in [7, 11) is 0. The third-order valence-electron chi connectivity index (χ3n) is 4.08. The van der Waals surface area contributed by atoms with Crippen molar-refractivity contribution >= 4 is 52.2 Å². The Morgan fingerprint density at radius 3 is 2.27 bits per heavy atom. The number of benzene rings is 2. The molecule has 0 saturated heterocycles. The minimum Gasteiger partial charge on any atom is -0.326 e. The smallest absolute Gasteiger partial charge is 0.229 e. The summed E-state index contributed by atoms with van der Waals surface area (Å²) in [5.41, 5.74) is 0.781. The summed E-state index contributed by atoms with van der Waals surface area (Å²) in [6, 6.07) is 10.6. The Morgan fingerprint density at radius 2 is 1.67 bits per heavy atom. The first-order valence-electron chi connectivity index (χ1n) is 8.70. The fourth-order valence-corrected chi connectivity index (χ4v) is 3.36. The van der Waals surface area contributed by atoms with E-state index in [1.54, 1.807) is 18.2 Å². The van der Waals surface area contributed by atoms with E-state index in [0.29, 0.717) is 27.4 Å². The van der Waals surface area contributed by atoms with E-state index in [4.69, 9.17) is 23.2 Å². The van der Waals surface area contributed by atoms with Crippen LogP contribution in [0.4, 0.5) is 26.0 Å². The van der Waals surface area contributed by atoms with E-state index in [2.05, 4.69) is 10.3 Å². The van der Waals surface area contributed by atoms with Crippen LogP contribution in [0.3, 0.4) is 0 Å². The van der Waals surface area contributed by atoms with Crippen LogP contribution in [0, 0.1) is 11.6 Å². The molecule has 0 atom stereocenters. The van der Waals surface area contributed by atoms with Crippen molar-refractivity contribution in [1.29, 1.82) is 0 Å². The fraction of sp³-hybridized carbons (Fsp3) is 0.0952. The maximum Gasteiger partial charge on any atom is 0.229 e. The van der Waals surface area contributed by atoms with Crippen molar-refractivity contribution in [3.8, 4) is 0 Å². The monoisotopic (exact) mass is 449 g/mol. The molecule has 30 heavy (non-hydrogen) atoms. The molecule has 0 unspecified atom stereocenters. The van der Waals surface area contributed by atoms with E-state index in [-0.39, 0.29) is 17.9 Å². The maximum absolute atomic E-state index is 13.6. The van der Waals surface area contributed by atoms with Gasteiger partial charge in [0.05, 0.1) is 12.1 Å². The number of carbonyl (C=O) groups excluding carboxylic acids is 2. The molecular weight excluding hydrogens is 435 g/mol. The lowest BCUT2D eigenvalue weighted by molar-refractivity contribution is -0.116. The van der Waals surface area contributed by atoms with Gasteiger partial charge in [-0.25, -0.2) is 13.8 Å². The Labute approximate surface area is 181 Å². The van der Waals surface area contributed by atoms with Gasteiger partial charge in [-0.2, -0.15) is 0 Å². The number of nitrogens with zero attached hydrogens (tertiary/aromatic N) is 2. The van der Waals surface area contributed by atoms with E-state index >= 15 is 0 Å². The van der Waals surface area contributed by atoms with Gasteiger partial charge in [-0.05, 0) is 35.9 Å². The number of amides is 2. The van der Waals surface area contributed by atoms with Gasteiger partial charge < -0.3 is 5.32 Å². The van der Waals surface area contributed by atoms with Crippen LogP contribution in [-0.2, 0) is 16.0 Å². The Kier molecular flexibility index (Phi) is 6.64. The molecule has 0 aliphatic rings. The van der Waals surface area contributed by atoms with Gasteiger partial charge in [-0.1, -0.05) is 29.3 Å². The van der Waals surface area contributed by atoms with E-state index in [1.165, 1.54) is 25.3 Å². The normalized spacial score (nSPS) is 10.6. The first-order valence-corrected chi connectivity index (χ1v) is 9.46. The highest BCUT2D eigenvalue weighted by molar-refractivity contribution is 6.36. The first kappa shape index (κ1) is 21.7. The minimum absolute atomic E-state index is 0.0289. The van der Waals surface area contributed by atoms with E-state index < -0.39 is 23.4 Å². The third-order valence-corrected chi connectivity index (χ3v) is 4.79. The second-order valence-corrected chi connectivity index (χ2v) is 7.12. The molecule has 0 spiro atoms. The largest absolute Gasteiger partial charge is 0.326 e. The summed E-state index contributed by atoms with van der Waals surface area (Å²) in [5.74, 6) is -2.50. The fourth-order valence-electron chi connectivity index (χ4n) is 2.83. The summed E-state index contributed by atoms with van der Waals surface area (Å²) in [4.78, 5) is 29.7. The molecule has 0 fully saturated rings. The van der Waals surface area contributed by atoms with Gasteiger partial charge in [-0.3, -0.25) is 14.5 Å². The van der Waals surface area contributed by atoms with Crippen molar-refractivity contribution in [3.63, 3.8) is 0 Å². The standard InChI is InChI=1S/C21H15Cl2F2N3O2/c1-12(29)28(16-8-13(24)7-14(25)9-16)20-10-15(5-6-26-20)27-21(30)11-17-18(22)3-2-4-19(17)23/h2-10H,11H2,1H3,(H,26,27,30). The Balaban J connectivity index is 1.85. The second kappa shape index (κ2) is 9.19. The van der Waals surface area contributed by atoms with Crippen LogP contribution in [0.1, 0.15) is 12.5 Å². The van der Waals surface area contributed by atoms with Gasteiger partial charge in [-0.15, -0.1) is 0 Å². The van der Waals surface area contributed by atoms with E-state index in [9.17, 15) is 18.4 Å². The van der Waals surface area contributed by atoms with Gasteiger partial charge in [0.2, 0.25) is 11.8 Å². The highest BCUT2D eigenvalue weighted by atomic mass is 35.5. The van der Waals surface area contributed by atoms with Crippen molar-refractivity contribution in [2.45, 2.75) is 13.3 Å². The predicted octanol–water partition coefficient (Wildman–Crippen LogP) is 5.53. The lowest BCUT2D eigenvalue weighted by Crippen LogP contribution is -2.24. The third kappa shape index (κ3) is 5.11. The molecule has 154 valence electrons. The number of anilines is 3. The van der Waals surface area contributed by atoms with Crippen LogP contribution >= 0.6 is 23.2 Å². The highest BCUT2D eigenvalue weighted by Crippen LogP contribution is 2.28. The zero-order chi connectivity index (χ0) is 21.8. The molecule has 0 aliphatic heterocycles. The molecule has 0 aliphatic carbocycles. The number of hydrogen-bond donors (Lipinski definition) is 1. The van der Waals surface area contributed by atoms with Gasteiger partial charge in [0.25, 0.3) is 0 Å². The Bertz CT molecular complexity index is 1080. The van der Waals surface area contributed by atoms with E-state index in [0.717, 1.165) is 17.0 Å². The molecule has 5 nitrogen and oxygen atoms in total. The SMILES string of the molecule is CC(=O)N(c1cc(F)cc(F)c1)c1cc(NC(=O)Cc2c(Cl)cccc2Cl)ccn1. The van der Waals surface area contributed by atoms with Crippen LogP contribution in [0.2, 0.25) is 10.0 Å². The molecule has 3 aromatic rings. The van der Waals surface area contributed by atoms with Crippen molar-refractivity contribution in [1.82, 2.24) is 4.98 Å². The summed E-state index contributed by atoms with van der Waals surface area (Å²) in [5, 5.41) is 3.40. The molecule has 0 radical (unpaired) electrons. The molecule has 1 heterocycles. The average molecular weight is 450 g/mol. The van der Waals surface area contributed by atoms with Crippen LogP contribution in [-0.4, -0.2) is 16.8 Å². The highest BCUT2D eigenvalue weighted by Gasteiger charge is 2.18. The predicted molar refractivity (Wildman–Crippen MR) is 112 cm³/mol. The van der Waals surface area contributed by atoms with Crippen LogP contribution in [0.15, 0.2) is 54.7 Å². The van der Waals surface area contributed by atoms with Crippen molar-refractivity contribution in [3.05, 3.63) is 82.0 Å². The van der Waals surface area contributed by atoms with Crippen molar-refractivity contribution < 1.29 is 18.4 Å². The topological polar surface area (TPSA) is 62.3 Å². The van der Waals surface area contributed by atoms with Crippen LogP contribution < -0.4 is 10.2 Å². The van der Waals surface area contributed by atoms with Gasteiger partial charge in [0, 0.05) is 41.0 Å². The summed E-state index contributed by atoms with van der Waals surface area (Å²) < 4.78 is 27.2. The van der Waals surface area contributed by atoms with Gasteiger partial charge in [0.15, 0.2) is 0 Å². The molecule has 1 N–H and O–H groups in total. The van der Waals surface area contributed by atoms with E-state index in [1.807, 2.05) is 0 Å². The minimum atomic E-state index is -0.836. The molecule has 3 rings (SSSR count). The van der Waals surface area contributed by atoms with Crippen molar-refractivity contribution in [2.24, 2.45) is 0 Å². The molecule has 2 aromatic carbocycles. The molecule has 0 saturated carbocycles. The van der Waals surface area contributed by atoms with Gasteiger partial charge >= 0.3 is 0 Å². The number of hydrogen-bond acceptors (Lipinski definition) is 3. The number of pyridine rings is 1. The zero-order valence-corrected chi connectivity index (χ0v) is 17.1. The zero-order valence-electron chi connectivity index (χ0n) is 15.6. The van der Waals surface area contributed by atoms with Crippen molar-refractivity contribution in [2.75, 3.05) is 10.2 Å². The van der Waals surface area contributed by atoms with Gasteiger partial charge in [0.1, 0.15) is 17.5 Å². The second-order valence-electron chi connectivity index (χ2n) is 6.31. The molecule has 9 heteroatoms. The number of aromatic nitrogens is 1. The first-order chi connectivity index (χ1) is 14.2. The molecular formula is C21H15Cl2F2N3O2. The molecule has 2 amide bonds.